The molecule has 0 atom stereocenters. The number of anilines is 6. The molecule has 78 heavy (non-hydrogen) atoms. The van der Waals surface area contributed by atoms with Crippen LogP contribution in [-0.2, 0) is 0 Å². The van der Waals surface area contributed by atoms with Gasteiger partial charge >= 0.3 is 0 Å². The largest absolute Gasteiger partial charge is 0.453 e. The molecule has 4 heteroatoms. The molecule has 14 aromatic rings. The lowest BCUT2D eigenvalue weighted by Crippen LogP contribution is -2.12. The van der Waals surface area contributed by atoms with E-state index in [1.54, 1.807) is 0 Å². The summed E-state index contributed by atoms with van der Waals surface area (Å²) < 4.78 is 14.5. The van der Waals surface area contributed by atoms with Crippen molar-refractivity contribution < 1.29 is 8.83 Å². The molecule has 0 saturated heterocycles. The Hall–Kier alpha value is -9.12. The molecule has 0 N–H and O–H groups in total. The highest BCUT2D eigenvalue weighted by molar-refractivity contribution is 6.29. The van der Waals surface area contributed by atoms with E-state index in [1.165, 1.54) is 66.1 Å². The van der Waals surface area contributed by atoms with Gasteiger partial charge in [0.2, 0.25) is 0 Å². The number of nitrogens with zero attached hydrogens (tertiary/aromatic N) is 2. The van der Waals surface area contributed by atoms with Crippen molar-refractivity contribution in [1.82, 2.24) is 0 Å². The van der Waals surface area contributed by atoms with Crippen molar-refractivity contribution in [2.75, 3.05) is 9.80 Å². The lowest BCUT2D eigenvalue weighted by atomic mass is 9.91. The summed E-state index contributed by atoms with van der Waals surface area (Å²) in [5.74, 6) is 0.787. The summed E-state index contributed by atoms with van der Waals surface area (Å²) in [5.41, 5.74) is 21.9. The first-order chi connectivity index (χ1) is 38.0. The van der Waals surface area contributed by atoms with Crippen LogP contribution in [0.15, 0.2) is 215 Å². The molecule has 12 aromatic carbocycles. The summed E-state index contributed by atoms with van der Waals surface area (Å²) in [6.07, 6.45) is 0. The predicted octanol–water partition coefficient (Wildman–Crippen LogP) is 22.1. The van der Waals surface area contributed by atoms with Gasteiger partial charge in [-0.3, -0.25) is 0 Å². The first-order valence-electron chi connectivity index (χ1n) is 27.5. The minimum atomic E-state index is 0.394. The van der Waals surface area contributed by atoms with Crippen LogP contribution in [0.4, 0.5) is 34.1 Å². The molecule has 0 radical (unpaired) electrons. The minimum absolute atomic E-state index is 0.394. The Morgan fingerprint density at radius 3 is 1.00 bits per heavy atom. The fourth-order valence-electron chi connectivity index (χ4n) is 12.8. The molecular formula is C74H60N2O2. The second-order valence-electron chi connectivity index (χ2n) is 22.2. The smallest absolute Gasteiger partial charge is 0.159 e. The van der Waals surface area contributed by atoms with Gasteiger partial charge in [0.15, 0.2) is 11.2 Å². The summed E-state index contributed by atoms with van der Waals surface area (Å²) in [6, 6.07) is 76.2. The molecule has 2 aromatic heterocycles. The van der Waals surface area contributed by atoms with Crippen molar-refractivity contribution in [1.29, 1.82) is 0 Å². The number of aryl methyl sites for hydroxylation is 4. The maximum absolute atomic E-state index is 7.27. The van der Waals surface area contributed by atoms with Gasteiger partial charge in [0.05, 0.1) is 22.7 Å². The second-order valence-corrected chi connectivity index (χ2v) is 22.2. The topological polar surface area (TPSA) is 32.8 Å². The molecule has 0 spiro atoms. The summed E-state index contributed by atoms with van der Waals surface area (Å²) >= 11 is 0. The highest BCUT2D eigenvalue weighted by Crippen LogP contribution is 2.52. The Labute approximate surface area is 455 Å². The lowest BCUT2D eigenvalue weighted by Gasteiger charge is -2.29. The average Bonchev–Trinajstić information content (AvgIpc) is 4.16. The predicted molar refractivity (Wildman–Crippen MR) is 332 cm³/mol. The zero-order valence-corrected chi connectivity index (χ0v) is 45.5. The Morgan fingerprint density at radius 2 is 0.628 bits per heavy atom. The van der Waals surface area contributed by atoms with E-state index in [9.17, 15) is 0 Å². The molecule has 0 aliphatic rings. The van der Waals surface area contributed by atoms with E-state index in [2.05, 4.69) is 271 Å². The second kappa shape index (κ2) is 18.3. The van der Waals surface area contributed by atoms with Crippen LogP contribution in [0, 0.1) is 27.7 Å². The molecule has 0 amide bonds. The van der Waals surface area contributed by atoms with E-state index in [0.717, 1.165) is 99.9 Å². The molecule has 14 rings (SSSR count). The van der Waals surface area contributed by atoms with E-state index in [1.807, 2.05) is 0 Å². The van der Waals surface area contributed by atoms with Gasteiger partial charge in [-0.1, -0.05) is 185 Å². The number of furan rings is 2. The molecule has 0 bridgehead atoms. The zero-order chi connectivity index (χ0) is 53.1. The number of hydrogen-bond acceptors (Lipinski definition) is 4. The van der Waals surface area contributed by atoms with Crippen LogP contribution in [0.5, 0.6) is 0 Å². The maximum Gasteiger partial charge on any atom is 0.159 e. The van der Waals surface area contributed by atoms with Crippen molar-refractivity contribution in [3.8, 4) is 22.3 Å². The van der Waals surface area contributed by atoms with Crippen molar-refractivity contribution in [2.45, 2.75) is 67.2 Å². The van der Waals surface area contributed by atoms with E-state index in [0.29, 0.717) is 11.8 Å². The molecular weight excluding hydrogens is 949 g/mol. The standard InChI is InChI=1S/C74H60N2O2/c1-43(2)49-27-35-53(36-28-49)75(65-25-13-21-57-55-19-11-23-61(71(55)77-73(57)65)67-45(5)15-9-16-46(67)6)63-41-33-51-32-40-60-64(42-34-52-31-39-59(63)69(51)70(52)60)76(54-37-29-50(30-38-54)44(3)4)66-26-14-22-58-56-20-12-24-62(72(56)78-74(58)66)68-47(7)17-10-18-48(68)8/h9-44H,1-8H3. The number of hydrogen-bond donors (Lipinski definition) is 0. The van der Waals surface area contributed by atoms with Crippen molar-refractivity contribution in [2.24, 2.45) is 0 Å². The Morgan fingerprint density at radius 1 is 0.295 bits per heavy atom. The third kappa shape index (κ3) is 7.34. The number of para-hydroxylation sites is 4. The summed E-state index contributed by atoms with van der Waals surface area (Å²) in [5, 5.41) is 11.5. The van der Waals surface area contributed by atoms with E-state index >= 15 is 0 Å². The highest BCUT2D eigenvalue weighted by Gasteiger charge is 2.27. The molecule has 378 valence electrons. The zero-order valence-electron chi connectivity index (χ0n) is 45.5. The normalized spacial score (nSPS) is 12.1. The van der Waals surface area contributed by atoms with Gasteiger partial charge in [0.25, 0.3) is 0 Å². The molecule has 0 unspecified atom stereocenters. The molecule has 0 aliphatic carbocycles. The Kier molecular flexibility index (Phi) is 11.1. The summed E-state index contributed by atoms with van der Waals surface area (Å²) in [4.78, 5) is 4.86. The lowest BCUT2D eigenvalue weighted by molar-refractivity contribution is 0.669. The van der Waals surface area contributed by atoms with Gasteiger partial charge < -0.3 is 18.6 Å². The van der Waals surface area contributed by atoms with E-state index in [4.69, 9.17) is 8.83 Å². The average molecular weight is 1010 g/mol. The van der Waals surface area contributed by atoms with Crippen molar-refractivity contribution >= 4 is 110 Å². The van der Waals surface area contributed by atoms with Crippen LogP contribution in [0.25, 0.3) is 98.4 Å². The SMILES string of the molecule is Cc1cccc(C)c1-c1cccc2c1oc1c(N(c3ccc(C(C)C)cc3)c3ccc4ccc5c(N(c6ccc(C(C)C)cc6)c6cccc7c6oc6c(-c8c(C)cccc8C)cccc67)ccc6ccc3c4c65)cccc12. The van der Waals surface area contributed by atoms with Crippen molar-refractivity contribution in [3.63, 3.8) is 0 Å². The van der Waals surface area contributed by atoms with Crippen LogP contribution >= 0.6 is 0 Å². The van der Waals surface area contributed by atoms with Crippen LogP contribution in [0.1, 0.15) is 72.9 Å². The monoisotopic (exact) mass is 1010 g/mol. The maximum atomic E-state index is 7.27. The molecule has 4 nitrogen and oxygen atoms in total. The Bertz CT molecular complexity index is 4330. The molecule has 0 aliphatic heterocycles. The van der Waals surface area contributed by atoms with Crippen LogP contribution in [-0.4, -0.2) is 0 Å². The highest BCUT2D eigenvalue weighted by atomic mass is 16.3. The fraction of sp³-hybridized carbons (Fsp3) is 0.135. The van der Waals surface area contributed by atoms with Gasteiger partial charge in [-0.05, 0) is 154 Å². The fourth-order valence-corrected chi connectivity index (χ4v) is 12.8. The van der Waals surface area contributed by atoms with Crippen LogP contribution < -0.4 is 9.80 Å². The summed E-state index contributed by atoms with van der Waals surface area (Å²) in [6.45, 7) is 17.8. The number of fused-ring (bicyclic) bond motifs is 6. The van der Waals surface area contributed by atoms with E-state index in [-0.39, 0.29) is 0 Å². The third-order valence-corrected chi connectivity index (χ3v) is 16.7. The quantitative estimate of drug-likeness (QED) is 0.128. The van der Waals surface area contributed by atoms with Gasteiger partial charge in [0.1, 0.15) is 11.2 Å². The van der Waals surface area contributed by atoms with Crippen LogP contribution in [0.2, 0.25) is 0 Å². The van der Waals surface area contributed by atoms with Crippen LogP contribution in [0.3, 0.4) is 0 Å². The van der Waals surface area contributed by atoms with E-state index < -0.39 is 0 Å². The summed E-state index contributed by atoms with van der Waals surface area (Å²) in [7, 11) is 0. The molecule has 0 saturated carbocycles. The minimum Gasteiger partial charge on any atom is -0.453 e. The van der Waals surface area contributed by atoms with Gasteiger partial charge in [-0.15, -0.1) is 0 Å². The first-order valence-corrected chi connectivity index (χ1v) is 27.5. The third-order valence-electron chi connectivity index (χ3n) is 16.7. The van der Waals surface area contributed by atoms with Gasteiger partial charge in [0, 0.05) is 54.8 Å². The first kappa shape index (κ1) is 47.3. The number of benzene rings is 12. The van der Waals surface area contributed by atoms with Gasteiger partial charge in [-0.2, -0.15) is 0 Å². The molecule has 2 heterocycles. The number of rotatable bonds is 10. The van der Waals surface area contributed by atoms with Crippen molar-refractivity contribution in [3.05, 3.63) is 240 Å². The van der Waals surface area contributed by atoms with Gasteiger partial charge in [-0.25, -0.2) is 0 Å². The molecule has 0 fully saturated rings. The Balaban J connectivity index is 1.01.